The Morgan fingerprint density at radius 2 is 1.31 bits per heavy atom. The summed E-state index contributed by atoms with van der Waals surface area (Å²) >= 11 is 1.89. The maximum atomic E-state index is 13.5. The van der Waals surface area contributed by atoms with Gasteiger partial charge in [-0.1, -0.05) is 147 Å². The third-order valence-corrected chi connectivity index (χ3v) is 10.4. The van der Waals surface area contributed by atoms with E-state index < -0.39 is 20.1 Å². The van der Waals surface area contributed by atoms with Crippen LogP contribution in [0.5, 0.6) is 0 Å². The van der Waals surface area contributed by atoms with Crippen LogP contribution in [0.3, 0.4) is 0 Å². The second-order valence-corrected chi connectivity index (χ2v) is 14.2. The molecule has 0 spiro atoms. The average Bonchev–Trinajstić information content (AvgIpc) is 2.98. The number of benzene rings is 1. The molecule has 0 bridgehead atoms. The normalized spacial score (nSPS) is 14.3. The summed E-state index contributed by atoms with van der Waals surface area (Å²) in [5, 5.41) is 0.150. The first-order valence-corrected chi connectivity index (χ1v) is 19.4. The molecule has 1 aromatic rings. The van der Waals surface area contributed by atoms with Gasteiger partial charge in [0.1, 0.15) is 6.61 Å². The van der Waals surface area contributed by atoms with Crippen molar-refractivity contribution in [2.45, 2.75) is 161 Å². The quantitative estimate of drug-likeness (QED) is 0.0519. The molecule has 1 rings (SSSR count). The molecule has 0 radical (unpaired) electrons. The smallest absolute Gasteiger partial charge is 0.429 e. The number of carbonyl (C=O) groups excluding carboxylic acids is 1. The number of unbranched alkanes of at least 4 members (excludes halogenated alkanes) is 14. The van der Waals surface area contributed by atoms with Crippen LogP contribution in [0.25, 0.3) is 0 Å². The number of ether oxygens (including phenoxy) is 1. The van der Waals surface area contributed by atoms with Crippen LogP contribution in [0.15, 0.2) is 30.3 Å². The first kappa shape index (κ1) is 39.0. The van der Waals surface area contributed by atoms with E-state index in [1.54, 1.807) is 0 Å². The molecule has 0 aliphatic carbocycles. The molecule has 0 N–H and O–H groups in total. The predicted molar refractivity (Wildman–Crippen MR) is 178 cm³/mol. The molecule has 0 fully saturated rings. The predicted octanol–water partition coefficient (Wildman–Crippen LogP) is 12.1. The Bertz CT molecular complexity index is 808. The summed E-state index contributed by atoms with van der Waals surface area (Å²) in [6.07, 6.45) is 20.8. The van der Waals surface area contributed by atoms with E-state index in [4.69, 9.17) is 18.3 Å². The summed E-state index contributed by atoms with van der Waals surface area (Å²) in [4.78, 5) is 12.4. The molecule has 0 heterocycles. The number of hydrogen-bond acceptors (Lipinski definition) is 7. The van der Waals surface area contributed by atoms with Gasteiger partial charge >= 0.3 is 14.0 Å². The van der Waals surface area contributed by atoms with Crippen LogP contribution >= 0.6 is 19.6 Å². The van der Waals surface area contributed by atoms with E-state index in [9.17, 15) is 9.36 Å². The Balaban J connectivity index is 2.56. The number of phosphoric ester groups is 1. The van der Waals surface area contributed by atoms with Gasteiger partial charge in [0.2, 0.25) is 0 Å². The minimum atomic E-state index is -4.13. The van der Waals surface area contributed by atoms with E-state index in [0.29, 0.717) is 6.42 Å². The molecule has 0 aliphatic rings. The van der Waals surface area contributed by atoms with Gasteiger partial charge in [-0.3, -0.25) is 9.05 Å². The molecule has 244 valence electrons. The fourth-order valence-corrected chi connectivity index (χ4v) is 7.56. The lowest BCUT2D eigenvalue weighted by atomic mass is 10.1. The molecular weight excluding hydrogens is 567 g/mol. The zero-order valence-electron chi connectivity index (χ0n) is 27.2. The maximum absolute atomic E-state index is 13.5. The molecule has 0 amide bonds. The highest BCUT2D eigenvalue weighted by Crippen LogP contribution is 2.52. The highest BCUT2D eigenvalue weighted by molar-refractivity contribution is 7.99. The van der Waals surface area contributed by atoms with Gasteiger partial charge in [0.15, 0.2) is 0 Å². The van der Waals surface area contributed by atoms with Gasteiger partial charge in [0.25, 0.3) is 0 Å². The van der Waals surface area contributed by atoms with Gasteiger partial charge in [-0.25, -0.2) is 9.36 Å². The fourth-order valence-electron chi connectivity index (χ4n) is 4.79. The SMILES string of the molecule is CCCCCCCCCCCCCSC(CCCCCCC)C(C)OP(=O)(OCCC)OC(=O)OCc1ccccc1. The summed E-state index contributed by atoms with van der Waals surface area (Å²) in [7, 11) is -4.13. The van der Waals surface area contributed by atoms with Crippen LogP contribution in [0, 0.1) is 0 Å². The largest absolute Gasteiger partial charge is 0.534 e. The van der Waals surface area contributed by atoms with Crippen molar-refractivity contribution >= 4 is 25.7 Å². The Morgan fingerprint density at radius 1 is 0.762 bits per heavy atom. The van der Waals surface area contributed by atoms with Gasteiger partial charge in [-0.05, 0) is 37.5 Å². The second kappa shape index (κ2) is 26.4. The number of carbonyl (C=O) groups is 1. The third kappa shape index (κ3) is 20.8. The standard InChI is InChI=1S/C34H61O6PS/c1-5-8-10-12-13-14-15-16-17-19-24-29-42-33(27-23-18-11-9-6-2)31(4)39-41(36,38-28-7-3)40-34(35)37-30-32-25-21-20-22-26-32/h20-22,25-26,31,33H,5-19,23-24,27-30H2,1-4H3. The van der Waals surface area contributed by atoms with Gasteiger partial charge in [-0.2, -0.15) is 11.8 Å². The van der Waals surface area contributed by atoms with Crippen molar-refractivity contribution in [2.24, 2.45) is 0 Å². The molecule has 3 atom stereocenters. The van der Waals surface area contributed by atoms with Gasteiger partial charge in [0.05, 0.1) is 12.7 Å². The molecule has 3 unspecified atom stereocenters. The topological polar surface area (TPSA) is 71.1 Å². The van der Waals surface area contributed by atoms with Crippen molar-refractivity contribution in [3.8, 4) is 0 Å². The summed E-state index contributed by atoms with van der Waals surface area (Å²) in [5.41, 5.74) is 0.815. The molecule has 6 nitrogen and oxygen atoms in total. The van der Waals surface area contributed by atoms with Crippen LogP contribution in [0.1, 0.15) is 149 Å². The Morgan fingerprint density at radius 3 is 1.88 bits per heavy atom. The highest BCUT2D eigenvalue weighted by Gasteiger charge is 2.36. The zero-order valence-corrected chi connectivity index (χ0v) is 28.9. The Kier molecular flexibility index (Phi) is 24.5. The second-order valence-electron chi connectivity index (χ2n) is 11.4. The van der Waals surface area contributed by atoms with Crippen LogP contribution in [0.2, 0.25) is 0 Å². The molecule has 8 heteroatoms. The fraction of sp³-hybridized carbons (Fsp3) is 0.794. The lowest BCUT2D eigenvalue weighted by Gasteiger charge is -2.27. The van der Waals surface area contributed by atoms with Crippen molar-refractivity contribution < 1.29 is 27.7 Å². The first-order chi connectivity index (χ1) is 20.4. The lowest BCUT2D eigenvalue weighted by molar-refractivity contribution is 0.0529. The molecule has 0 saturated carbocycles. The van der Waals surface area contributed by atoms with Crippen molar-refractivity contribution in [1.29, 1.82) is 0 Å². The zero-order chi connectivity index (χ0) is 30.7. The van der Waals surface area contributed by atoms with Crippen LogP contribution in [-0.2, 0) is 29.5 Å². The van der Waals surface area contributed by atoms with Crippen LogP contribution < -0.4 is 0 Å². The van der Waals surface area contributed by atoms with Crippen molar-refractivity contribution in [1.82, 2.24) is 0 Å². The summed E-state index contributed by atoms with van der Waals surface area (Å²) < 4.78 is 35.4. The molecule has 0 aromatic heterocycles. The lowest BCUT2D eigenvalue weighted by Crippen LogP contribution is -2.24. The van der Waals surface area contributed by atoms with E-state index in [-0.39, 0.29) is 18.5 Å². The van der Waals surface area contributed by atoms with Gasteiger partial charge in [-0.15, -0.1) is 0 Å². The molecule has 0 aliphatic heterocycles. The Labute approximate surface area is 262 Å². The number of thioether (sulfide) groups is 1. The summed E-state index contributed by atoms with van der Waals surface area (Å²) in [5.74, 6) is 1.05. The van der Waals surface area contributed by atoms with Crippen LogP contribution in [0.4, 0.5) is 4.79 Å². The minimum Gasteiger partial charge on any atom is -0.429 e. The van der Waals surface area contributed by atoms with Crippen molar-refractivity contribution in [3.63, 3.8) is 0 Å². The van der Waals surface area contributed by atoms with E-state index in [2.05, 4.69) is 13.8 Å². The Hall–Kier alpha value is -1.01. The van der Waals surface area contributed by atoms with Gasteiger partial charge in [0, 0.05) is 5.25 Å². The maximum Gasteiger partial charge on any atom is 0.534 e. The van der Waals surface area contributed by atoms with E-state index >= 15 is 0 Å². The van der Waals surface area contributed by atoms with E-state index in [1.807, 2.05) is 55.9 Å². The number of phosphoric acid groups is 1. The molecular formula is C34H61O6PS. The van der Waals surface area contributed by atoms with E-state index in [1.165, 1.54) is 96.3 Å². The monoisotopic (exact) mass is 628 g/mol. The first-order valence-electron chi connectivity index (χ1n) is 16.9. The molecule has 42 heavy (non-hydrogen) atoms. The number of hydrogen-bond donors (Lipinski definition) is 0. The summed E-state index contributed by atoms with van der Waals surface area (Å²) in [6.45, 7) is 8.51. The van der Waals surface area contributed by atoms with E-state index in [0.717, 1.165) is 24.2 Å². The van der Waals surface area contributed by atoms with Gasteiger partial charge < -0.3 is 9.26 Å². The minimum absolute atomic E-state index is 0.0260. The third-order valence-electron chi connectivity index (χ3n) is 7.33. The number of rotatable bonds is 28. The summed E-state index contributed by atoms with van der Waals surface area (Å²) in [6, 6.07) is 9.30. The van der Waals surface area contributed by atoms with Crippen LogP contribution in [-0.4, -0.2) is 29.9 Å². The average molecular weight is 629 g/mol. The van der Waals surface area contributed by atoms with Crippen molar-refractivity contribution in [3.05, 3.63) is 35.9 Å². The molecule has 1 aromatic carbocycles. The highest BCUT2D eigenvalue weighted by atomic mass is 32.2. The van der Waals surface area contributed by atoms with Crippen molar-refractivity contribution in [2.75, 3.05) is 12.4 Å². The molecule has 0 saturated heterocycles.